The van der Waals surface area contributed by atoms with Gasteiger partial charge in [-0.15, -0.1) is 0 Å². The van der Waals surface area contributed by atoms with Crippen LogP contribution in [0, 0.1) is 5.41 Å². The fourth-order valence-electron chi connectivity index (χ4n) is 3.02. The lowest BCUT2D eigenvalue weighted by Crippen LogP contribution is -2.48. The summed E-state index contributed by atoms with van der Waals surface area (Å²) in [5.74, 6) is 0. The highest BCUT2D eigenvalue weighted by molar-refractivity contribution is 5.03. The van der Waals surface area contributed by atoms with E-state index >= 15 is 0 Å². The molecule has 0 radical (unpaired) electrons. The monoisotopic (exact) mass is 277 g/mol. The summed E-state index contributed by atoms with van der Waals surface area (Å²) in [5.41, 5.74) is 1.38. The largest absolute Gasteiger partial charge is 0.381 e. The molecule has 1 unspecified atom stereocenters. The minimum Gasteiger partial charge on any atom is -0.381 e. The average molecular weight is 277 g/mol. The van der Waals surface area contributed by atoms with Gasteiger partial charge in [-0.3, -0.25) is 9.88 Å². The lowest BCUT2D eigenvalue weighted by Gasteiger charge is -2.40. The molecule has 1 atom stereocenters. The van der Waals surface area contributed by atoms with Crippen molar-refractivity contribution in [2.24, 2.45) is 5.41 Å². The van der Waals surface area contributed by atoms with Crippen LogP contribution < -0.4 is 5.32 Å². The Morgan fingerprint density at radius 3 is 3.00 bits per heavy atom. The van der Waals surface area contributed by atoms with Crippen LogP contribution in [0.3, 0.4) is 0 Å². The fraction of sp³-hybridized carbons (Fsp3) is 0.688. The lowest BCUT2D eigenvalue weighted by molar-refractivity contribution is -0.0236. The maximum absolute atomic E-state index is 5.75. The molecule has 20 heavy (non-hydrogen) atoms. The van der Waals surface area contributed by atoms with Crippen molar-refractivity contribution in [3.63, 3.8) is 0 Å². The summed E-state index contributed by atoms with van der Waals surface area (Å²) in [6.07, 6.45) is 4.27. The molecule has 1 N–H and O–H groups in total. The van der Waals surface area contributed by atoms with Gasteiger partial charge >= 0.3 is 0 Å². The van der Waals surface area contributed by atoms with Gasteiger partial charge in [0, 0.05) is 37.9 Å². The molecular weight excluding hydrogens is 250 g/mol. The van der Waals surface area contributed by atoms with Crippen LogP contribution in [0.1, 0.15) is 25.5 Å². The number of pyridine rings is 1. The number of nitrogens with zero attached hydrogens (tertiary/aromatic N) is 2. The van der Waals surface area contributed by atoms with E-state index in [1.54, 1.807) is 0 Å². The summed E-state index contributed by atoms with van der Waals surface area (Å²) >= 11 is 0. The Hall–Kier alpha value is -0.970. The predicted molar refractivity (Wildman–Crippen MR) is 81.6 cm³/mol. The number of hydrogen-bond acceptors (Lipinski definition) is 4. The maximum Gasteiger partial charge on any atom is 0.0546 e. The van der Waals surface area contributed by atoms with Crippen molar-refractivity contribution in [3.8, 4) is 0 Å². The van der Waals surface area contributed by atoms with Gasteiger partial charge in [-0.05, 0) is 38.6 Å². The smallest absolute Gasteiger partial charge is 0.0546 e. The van der Waals surface area contributed by atoms with Crippen LogP contribution in [0.25, 0.3) is 0 Å². The molecule has 1 aromatic heterocycles. The first-order valence-corrected chi connectivity index (χ1v) is 7.61. The van der Waals surface area contributed by atoms with Gasteiger partial charge < -0.3 is 10.1 Å². The Bertz CT molecular complexity index is 377. The molecule has 1 aromatic rings. The zero-order chi connectivity index (χ0) is 14.3. The molecule has 0 spiro atoms. The summed E-state index contributed by atoms with van der Waals surface area (Å²) in [6.45, 7) is 7.95. The highest BCUT2D eigenvalue weighted by atomic mass is 16.5. The van der Waals surface area contributed by atoms with Gasteiger partial charge in [-0.1, -0.05) is 13.0 Å². The number of rotatable bonds is 7. The van der Waals surface area contributed by atoms with Crippen LogP contribution in [0.4, 0.5) is 0 Å². The summed E-state index contributed by atoms with van der Waals surface area (Å²) in [4.78, 5) is 6.78. The molecule has 4 nitrogen and oxygen atoms in total. The summed E-state index contributed by atoms with van der Waals surface area (Å²) in [6, 6.07) is 6.10. The van der Waals surface area contributed by atoms with Crippen molar-refractivity contribution in [1.82, 2.24) is 15.2 Å². The van der Waals surface area contributed by atoms with Crippen LogP contribution in [0.5, 0.6) is 0 Å². The molecule has 1 aliphatic heterocycles. The topological polar surface area (TPSA) is 37.4 Å². The van der Waals surface area contributed by atoms with Gasteiger partial charge in [0.25, 0.3) is 0 Å². The molecule has 1 saturated heterocycles. The van der Waals surface area contributed by atoms with E-state index < -0.39 is 0 Å². The first kappa shape index (κ1) is 15.4. The first-order chi connectivity index (χ1) is 9.74. The van der Waals surface area contributed by atoms with Crippen LogP contribution in [0.15, 0.2) is 24.4 Å². The lowest BCUT2D eigenvalue weighted by atomic mass is 9.81. The Morgan fingerprint density at radius 1 is 1.45 bits per heavy atom. The molecule has 0 bridgehead atoms. The molecule has 4 heteroatoms. The van der Waals surface area contributed by atoms with Crippen molar-refractivity contribution in [1.29, 1.82) is 0 Å². The van der Waals surface area contributed by atoms with Crippen LogP contribution in [-0.2, 0) is 11.3 Å². The van der Waals surface area contributed by atoms with E-state index in [2.05, 4.69) is 35.2 Å². The second-order valence-corrected chi connectivity index (χ2v) is 5.93. The van der Waals surface area contributed by atoms with Crippen molar-refractivity contribution < 1.29 is 4.74 Å². The number of aromatic nitrogens is 1. The van der Waals surface area contributed by atoms with Crippen molar-refractivity contribution in [3.05, 3.63) is 30.1 Å². The molecule has 1 fully saturated rings. The standard InChI is InChI=1S/C16H27N3O/c1-3-17-12-16(8-6-10-20-14-16)13-19(2)11-15-7-4-5-9-18-15/h4-5,7,9,17H,3,6,8,10-14H2,1-2H3. The molecule has 1 aliphatic rings. The zero-order valence-corrected chi connectivity index (χ0v) is 12.8. The third kappa shape index (κ3) is 4.54. The van der Waals surface area contributed by atoms with Gasteiger partial charge in [0.1, 0.15) is 0 Å². The van der Waals surface area contributed by atoms with E-state index in [1.165, 1.54) is 12.8 Å². The van der Waals surface area contributed by atoms with Gasteiger partial charge in [0.05, 0.1) is 12.3 Å². The molecule has 112 valence electrons. The normalized spacial score (nSPS) is 23.1. The van der Waals surface area contributed by atoms with Gasteiger partial charge in [-0.2, -0.15) is 0 Å². The van der Waals surface area contributed by atoms with E-state index in [-0.39, 0.29) is 5.41 Å². The van der Waals surface area contributed by atoms with Gasteiger partial charge in [0.15, 0.2) is 0 Å². The van der Waals surface area contributed by atoms with Gasteiger partial charge in [0.2, 0.25) is 0 Å². The summed E-state index contributed by atoms with van der Waals surface area (Å²) in [7, 11) is 2.18. The highest BCUT2D eigenvalue weighted by Gasteiger charge is 2.33. The summed E-state index contributed by atoms with van der Waals surface area (Å²) in [5, 5.41) is 3.51. The third-order valence-electron chi connectivity index (χ3n) is 3.92. The second kappa shape index (κ2) is 7.72. The molecule has 0 saturated carbocycles. The van der Waals surface area contributed by atoms with E-state index in [0.717, 1.165) is 45.1 Å². The van der Waals surface area contributed by atoms with E-state index in [4.69, 9.17) is 4.74 Å². The molecule has 0 aliphatic carbocycles. The van der Waals surface area contributed by atoms with E-state index in [1.807, 2.05) is 18.3 Å². The van der Waals surface area contributed by atoms with E-state index in [9.17, 15) is 0 Å². The van der Waals surface area contributed by atoms with Gasteiger partial charge in [-0.25, -0.2) is 0 Å². The number of hydrogen-bond donors (Lipinski definition) is 1. The molecule has 0 amide bonds. The third-order valence-corrected chi connectivity index (χ3v) is 3.92. The zero-order valence-electron chi connectivity index (χ0n) is 12.8. The number of ether oxygens (including phenoxy) is 1. The van der Waals surface area contributed by atoms with Crippen molar-refractivity contribution in [2.75, 3.05) is 39.9 Å². The predicted octanol–water partition coefficient (Wildman–Crippen LogP) is 1.92. The number of nitrogens with one attached hydrogen (secondary N) is 1. The Kier molecular flexibility index (Phi) is 5.95. The minimum atomic E-state index is 0.248. The van der Waals surface area contributed by atoms with Crippen LogP contribution in [0.2, 0.25) is 0 Å². The minimum absolute atomic E-state index is 0.248. The Labute approximate surface area is 122 Å². The molecule has 2 rings (SSSR count). The SMILES string of the molecule is CCNCC1(CN(C)Cc2ccccn2)CCCOC1. The molecule has 2 heterocycles. The Morgan fingerprint density at radius 2 is 2.35 bits per heavy atom. The quantitative estimate of drug-likeness (QED) is 0.826. The van der Waals surface area contributed by atoms with Crippen LogP contribution >= 0.6 is 0 Å². The van der Waals surface area contributed by atoms with Crippen LogP contribution in [-0.4, -0.2) is 49.8 Å². The molecular formula is C16H27N3O. The molecule has 0 aromatic carbocycles. The van der Waals surface area contributed by atoms with E-state index in [0.29, 0.717) is 0 Å². The highest BCUT2D eigenvalue weighted by Crippen LogP contribution is 2.29. The fourth-order valence-corrected chi connectivity index (χ4v) is 3.02. The first-order valence-electron chi connectivity index (χ1n) is 7.61. The second-order valence-electron chi connectivity index (χ2n) is 5.93. The average Bonchev–Trinajstić information content (AvgIpc) is 2.47. The maximum atomic E-state index is 5.75. The Balaban J connectivity index is 1.92. The van der Waals surface area contributed by atoms with Crippen molar-refractivity contribution >= 4 is 0 Å². The summed E-state index contributed by atoms with van der Waals surface area (Å²) < 4.78 is 5.75. The van der Waals surface area contributed by atoms with Crippen molar-refractivity contribution in [2.45, 2.75) is 26.3 Å².